The molecule has 8 heteroatoms. The lowest BCUT2D eigenvalue weighted by Gasteiger charge is -2.28. The highest BCUT2D eigenvalue weighted by molar-refractivity contribution is 6.00. The van der Waals surface area contributed by atoms with Gasteiger partial charge in [0, 0.05) is 18.5 Å². The van der Waals surface area contributed by atoms with Crippen LogP contribution in [0, 0.1) is 5.82 Å². The van der Waals surface area contributed by atoms with Gasteiger partial charge in [0.15, 0.2) is 0 Å². The van der Waals surface area contributed by atoms with E-state index in [1.807, 2.05) is 48.5 Å². The van der Waals surface area contributed by atoms with Gasteiger partial charge in [-0.3, -0.25) is 14.4 Å². The number of nitrogens with one attached hydrogen (secondary N) is 1. The molecule has 3 aliphatic rings. The molecule has 3 amide bonds. The van der Waals surface area contributed by atoms with Crippen LogP contribution >= 0.6 is 0 Å². The minimum atomic E-state index is -1.36. The highest BCUT2D eigenvalue weighted by atomic mass is 19.1. The van der Waals surface area contributed by atoms with Crippen LogP contribution in [0.4, 0.5) is 8.78 Å². The first kappa shape index (κ1) is 25.2. The number of rotatable bonds is 7. The lowest BCUT2D eigenvalue weighted by molar-refractivity contribution is -0.139. The third kappa shape index (κ3) is 5.03. The number of alkyl halides is 1. The topological polar surface area (TPSA) is 69.7 Å². The van der Waals surface area contributed by atoms with Crippen LogP contribution in [-0.4, -0.2) is 52.8 Å². The summed E-state index contributed by atoms with van der Waals surface area (Å²) in [6, 6.07) is 19.7. The highest BCUT2D eigenvalue weighted by Gasteiger charge is 2.42. The van der Waals surface area contributed by atoms with E-state index in [4.69, 9.17) is 0 Å². The van der Waals surface area contributed by atoms with Gasteiger partial charge in [0.05, 0.1) is 12.6 Å². The van der Waals surface area contributed by atoms with E-state index in [2.05, 4.69) is 5.32 Å². The smallest absolute Gasteiger partial charge is 0.254 e. The lowest BCUT2D eigenvalue weighted by atomic mass is 9.96. The minimum absolute atomic E-state index is 0.137. The van der Waals surface area contributed by atoms with Crippen molar-refractivity contribution in [3.63, 3.8) is 0 Å². The predicted molar refractivity (Wildman–Crippen MR) is 141 cm³/mol. The second-order valence-corrected chi connectivity index (χ2v) is 10.6. The van der Waals surface area contributed by atoms with Crippen molar-refractivity contribution < 1.29 is 23.2 Å². The van der Waals surface area contributed by atoms with Crippen LogP contribution in [0.3, 0.4) is 0 Å². The Morgan fingerprint density at radius 1 is 0.974 bits per heavy atom. The molecule has 6 rings (SSSR count). The van der Waals surface area contributed by atoms with E-state index in [9.17, 15) is 23.2 Å². The van der Waals surface area contributed by atoms with E-state index < -0.39 is 30.1 Å². The molecule has 0 spiro atoms. The Labute approximate surface area is 225 Å². The Morgan fingerprint density at radius 3 is 2.44 bits per heavy atom. The number of fused-ring (bicyclic) bond motifs is 1. The molecule has 2 fully saturated rings. The normalized spacial score (nSPS) is 21.1. The van der Waals surface area contributed by atoms with Gasteiger partial charge in [0.1, 0.15) is 24.6 Å². The van der Waals surface area contributed by atoms with E-state index in [0.29, 0.717) is 23.2 Å². The summed E-state index contributed by atoms with van der Waals surface area (Å²) in [5, 5.41) is 2.96. The Kier molecular flexibility index (Phi) is 6.62. The number of amides is 3. The van der Waals surface area contributed by atoms with Crippen LogP contribution in [0.1, 0.15) is 63.8 Å². The van der Waals surface area contributed by atoms with Crippen LogP contribution in [0.25, 0.3) is 0 Å². The van der Waals surface area contributed by atoms with Crippen molar-refractivity contribution in [1.82, 2.24) is 15.1 Å². The van der Waals surface area contributed by atoms with Crippen molar-refractivity contribution in [3.8, 4) is 0 Å². The maximum absolute atomic E-state index is 15.0. The molecule has 3 atom stereocenters. The predicted octanol–water partition coefficient (Wildman–Crippen LogP) is 4.50. The minimum Gasteiger partial charge on any atom is -0.343 e. The largest absolute Gasteiger partial charge is 0.343 e. The Morgan fingerprint density at radius 2 is 1.72 bits per heavy atom. The summed E-state index contributed by atoms with van der Waals surface area (Å²) in [5.74, 6) is -1.30. The Balaban J connectivity index is 1.20. The fraction of sp³-hybridized carbons (Fsp3) is 0.323. The summed E-state index contributed by atoms with van der Waals surface area (Å²) in [5.41, 5.74) is 3.39. The molecule has 0 aromatic heterocycles. The molecule has 0 radical (unpaired) electrons. The van der Waals surface area contributed by atoms with E-state index >= 15 is 0 Å². The zero-order valence-electron chi connectivity index (χ0n) is 21.4. The van der Waals surface area contributed by atoms with Gasteiger partial charge in [-0.15, -0.1) is 0 Å². The van der Waals surface area contributed by atoms with E-state index in [1.54, 1.807) is 18.2 Å². The molecular formula is C31H29F2N3O3. The number of hydrogen-bond acceptors (Lipinski definition) is 3. The van der Waals surface area contributed by atoms with Crippen molar-refractivity contribution in [1.29, 1.82) is 0 Å². The molecular weight excluding hydrogens is 500 g/mol. The van der Waals surface area contributed by atoms with Gasteiger partial charge in [-0.1, -0.05) is 60.7 Å². The highest BCUT2D eigenvalue weighted by Crippen LogP contribution is 2.42. The van der Waals surface area contributed by atoms with Gasteiger partial charge in [0.2, 0.25) is 11.8 Å². The van der Waals surface area contributed by atoms with E-state index in [0.717, 1.165) is 24.0 Å². The zero-order chi connectivity index (χ0) is 27.1. The van der Waals surface area contributed by atoms with Gasteiger partial charge in [-0.25, -0.2) is 8.78 Å². The molecule has 200 valence electrons. The third-order valence-electron chi connectivity index (χ3n) is 7.89. The van der Waals surface area contributed by atoms with Crippen molar-refractivity contribution in [3.05, 3.63) is 106 Å². The molecule has 3 aromatic carbocycles. The summed E-state index contributed by atoms with van der Waals surface area (Å²) in [4.78, 5) is 42.2. The second-order valence-electron chi connectivity index (χ2n) is 10.6. The summed E-state index contributed by atoms with van der Waals surface area (Å²) < 4.78 is 29.6. The van der Waals surface area contributed by atoms with Crippen molar-refractivity contribution in [2.24, 2.45) is 0 Å². The fourth-order valence-electron chi connectivity index (χ4n) is 5.70. The van der Waals surface area contributed by atoms with Crippen LogP contribution in [0.5, 0.6) is 0 Å². The van der Waals surface area contributed by atoms with Gasteiger partial charge in [-0.05, 0) is 53.1 Å². The van der Waals surface area contributed by atoms with Crippen LogP contribution < -0.4 is 5.32 Å². The lowest BCUT2D eigenvalue weighted by Crippen LogP contribution is -2.49. The molecule has 1 saturated heterocycles. The van der Waals surface area contributed by atoms with Gasteiger partial charge < -0.3 is 15.1 Å². The quantitative estimate of drug-likeness (QED) is 0.490. The maximum atomic E-state index is 15.0. The molecule has 2 heterocycles. The monoisotopic (exact) mass is 529 g/mol. The summed E-state index contributed by atoms with van der Waals surface area (Å²) in [6.45, 7) is -0.157. The molecule has 2 aliphatic heterocycles. The van der Waals surface area contributed by atoms with Crippen LogP contribution in [-0.2, 0) is 16.1 Å². The van der Waals surface area contributed by atoms with Gasteiger partial charge in [0.25, 0.3) is 5.91 Å². The first-order valence-electron chi connectivity index (χ1n) is 13.3. The number of carbonyl (C=O) groups is 3. The third-order valence-corrected chi connectivity index (χ3v) is 7.89. The fourth-order valence-corrected chi connectivity index (χ4v) is 5.70. The van der Waals surface area contributed by atoms with Gasteiger partial charge >= 0.3 is 0 Å². The molecule has 1 N–H and O–H groups in total. The average Bonchev–Trinajstić information content (AvgIpc) is 3.63. The standard InChI is InChI=1S/C31H29F2N3O3/c32-23-15-27(36(17-23)28(37)18-35-16-22-8-4-5-9-25(22)31(35)39)30(38)34-29(20-6-2-1-3-7-20)21-12-13-24(19-10-11-19)26(33)14-21/h1-9,12-14,19,23,27,29H,10-11,15-18H2,(H,34,38)/t23-,27+,29+/m1/s1. The molecule has 1 aliphatic carbocycles. The van der Waals surface area contributed by atoms with Gasteiger partial charge in [-0.2, -0.15) is 0 Å². The first-order chi connectivity index (χ1) is 18.9. The molecule has 39 heavy (non-hydrogen) atoms. The molecule has 1 saturated carbocycles. The molecule has 6 nitrogen and oxygen atoms in total. The number of halogens is 2. The Hall–Kier alpha value is -4.07. The zero-order valence-corrected chi connectivity index (χ0v) is 21.4. The van der Waals surface area contributed by atoms with Crippen LogP contribution in [0.15, 0.2) is 72.8 Å². The van der Waals surface area contributed by atoms with Crippen LogP contribution in [0.2, 0.25) is 0 Å². The average molecular weight is 530 g/mol. The maximum Gasteiger partial charge on any atom is 0.254 e. The number of hydrogen-bond donors (Lipinski definition) is 1. The van der Waals surface area contributed by atoms with Crippen molar-refractivity contribution in [2.75, 3.05) is 13.1 Å². The second kappa shape index (κ2) is 10.2. The summed E-state index contributed by atoms with van der Waals surface area (Å²) >= 11 is 0. The SMILES string of the molecule is O=C(N[C@@H](c1ccccc1)c1ccc(C2CC2)c(F)c1)[C@@H]1C[C@@H](F)CN1C(=O)CN1Cc2ccccc2C1=O. The summed E-state index contributed by atoms with van der Waals surface area (Å²) in [6.07, 6.45) is 0.449. The first-order valence-corrected chi connectivity index (χ1v) is 13.3. The number of nitrogens with zero attached hydrogens (tertiary/aromatic N) is 2. The van der Waals surface area contributed by atoms with Crippen molar-refractivity contribution in [2.45, 2.75) is 50.0 Å². The Bertz CT molecular complexity index is 1430. The van der Waals surface area contributed by atoms with E-state index in [-0.39, 0.29) is 37.2 Å². The summed E-state index contributed by atoms with van der Waals surface area (Å²) in [7, 11) is 0. The number of benzene rings is 3. The molecule has 0 bridgehead atoms. The number of likely N-dealkylation sites (tertiary alicyclic amines) is 1. The number of carbonyl (C=O) groups excluding carboxylic acids is 3. The van der Waals surface area contributed by atoms with Crippen molar-refractivity contribution >= 4 is 17.7 Å². The molecule has 3 aromatic rings. The molecule has 0 unspecified atom stereocenters. The van der Waals surface area contributed by atoms with E-state index in [1.165, 1.54) is 15.9 Å².